The third kappa shape index (κ3) is 4.28. The molecule has 0 amide bonds. The summed E-state index contributed by atoms with van der Waals surface area (Å²) in [6, 6.07) is 0. The zero-order valence-corrected chi connectivity index (χ0v) is 14.9. The molecule has 122 valence electrons. The summed E-state index contributed by atoms with van der Waals surface area (Å²) in [5.74, 6) is 5.50. The number of nitrogen functional groups attached to an aromatic ring is 1. The fourth-order valence-corrected chi connectivity index (χ4v) is 3.82. The van der Waals surface area contributed by atoms with Crippen LogP contribution in [0.15, 0.2) is 35.4 Å². The van der Waals surface area contributed by atoms with E-state index in [2.05, 4.69) is 6.58 Å². The van der Waals surface area contributed by atoms with E-state index in [1.807, 2.05) is 31.5 Å². The summed E-state index contributed by atoms with van der Waals surface area (Å²) in [6.45, 7) is 10.7. The Morgan fingerprint density at radius 3 is 2.36 bits per heavy atom. The lowest BCUT2D eigenvalue weighted by Gasteiger charge is -2.32. The molecule has 0 bridgehead atoms. The molecule has 0 saturated heterocycles. The molecule has 0 radical (unpaired) electrons. The smallest absolute Gasteiger partial charge is 0.255 e. The fourth-order valence-electron chi connectivity index (χ4n) is 2.33. The van der Waals surface area contributed by atoms with Crippen molar-refractivity contribution in [1.29, 1.82) is 0 Å². The van der Waals surface area contributed by atoms with Gasteiger partial charge in [-0.2, -0.15) is 0 Å². The molecule has 0 aromatic carbocycles. The van der Waals surface area contributed by atoms with Crippen LogP contribution >= 0.6 is 11.3 Å². The van der Waals surface area contributed by atoms with Crippen LogP contribution in [0.25, 0.3) is 6.08 Å². The highest BCUT2D eigenvalue weighted by molar-refractivity contribution is 7.87. The quantitative estimate of drug-likeness (QED) is 0.507. The summed E-state index contributed by atoms with van der Waals surface area (Å²) >= 11 is 1.60. The molecule has 1 heterocycles. The van der Waals surface area contributed by atoms with Crippen molar-refractivity contribution in [3.63, 3.8) is 0 Å². The van der Waals surface area contributed by atoms with Gasteiger partial charge in [-0.3, -0.25) is 0 Å². The summed E-state index contributed by atoms with van der Waals surface area (Å²) in [5.41, 5.74) is 4.69. The molecule has 22 heavy (non-hydrogen) atoms. The Hall–Kier alpha value is -1.44. The maximum Gasteiger partial charge on any atom is 0.255 e. The number of nitrogens with zero attached hydrogens (tertiary/aromatic N) is 1. The first-order valence-electron chi connectivity index (χ1n) is 6.69. The molecule has 5 nitrogen and oxygen atoms in total. The highest BCUT2D eigenvalue weighted by Crippen LogP contribution is 2.31. The second kappa shape index (κ2) is 6.76. The number of allylic oxidation sites excluding steroid dienone is 3. The molecule has 1 aliphatic carbocycles. The lowest BCUT2D eigenvalue weighted by Crippen LogP contribution is -2.44. The molecule has 0 aliphatic heterocycles. The van der Waals surface area contributed by atoms with Crippen LogP contribution in [-0.4, -0.2) is 17.7 Å². The van der Waals surface area contributed by atoms with Crippen molar-refractivity contribution in [2.75, 3.05) is 5.84 Å². The van der Waals surface area contributed by atoms with Crippen LogP contribution in [0, 0.1) is 6.92 Å². The van der Waals surface area contributed by atoms with Crippen LogP contribution in [0.4, 0.5) is 0 Å². The summed E-state index contributed by atoms with van der Waals surface area (Å²) in [4.78, 5) is 1.14. The molecule has 7 heteroatoms. The Labute approximate surface area is 136 Å². The van der Waals surface area contributed by atoms with Gasteiger partial charge in [0.2, 0.25) is 5.69 Å². The minimum Gasteiger partial charge on any atom is -0.747 e. The average molecular weight is 342 g/mol. The van der Waals surface area contributed by atoms with E-state index in [4.69, 9.17) is 5.84 Å². The van der Waals surface area contributed by atoms with E-state index in [0.717, 1.165) is 21.7 Å². The van der Waals surface area contributed by atoms with E-state index in [1.165, 1.54) is 13.0 Å². The molecule has 0 fully saturated rings. The third-order valence-electron chi connectivity index (χ3n) is 3.43. The van der Waals surface area contributed by atoms with Crippen molar-refractivity contribution in [2.24, 2.45) is 0 Å². The molecular weight excluding hydrogens is 320 g/mol. The number of thiazole rings is 1. The minimum atomic E-state index is -4.26. The summed E-state index contributed by atoms with van der Waals surface area (Å²) in [5, 5.41) is 0. The molecule has 1 aromatic rings. The third-order valence-corrected chi connectivity index (χ3v) is 5.88. The van der Waals surface area contributed by atoms with Gasteiger partial charge in [0, 0.05) is 6.92 Å². The van der Waals surface area contributed by atoms with E-state index in [0.29, 0.717) is 6.42 Å². The maximum atomic E-state index is 11.0. The highest BCUT2D eigenvalue weighted by atomic mass is 32.2. The predicted octanol–water partition coefficient (Wildman–Crippen LogP) is 2.29. The van der Waals surface area contributed by atoms with Gasteiger partial charge in [-0.1, -0.05) is 45.9 Å². The summed E-state index contributed by atoms with van der Waals surface area (Å²) in [6.07, 6.45) is 5.54. The minimum absolute atomic E-state index is 0.302. The molecule has 1 aromatic heterocycles. The first-order chi connectivity index (χ1) is 10.00. The maximum absolute atomic E-state index is 11.0. The van der Waals surface area contributed by atoms with Gasteiger partial charge in [-0.15, -0.1) is 0 Å². The normalized spacial score (nSPS) is 21.3. The molecule has 0 spiro atoms. The predicted molar refractivity (Wildman–Crippen MR) is 89.7 cm³/mol. The van der Waals surface area contributed by atoms with Crippen LogP contribution in [0.3, 0.4) is 0 Å². The van der Waals surface area contributed by atoms with E-state index in [9.17, 15) is 13.0 Å². The highest BCUT2D eigenvalue weighted by Gasteiger charge is 2.31. The number of aromatic nitrogens is 1. The van der Waals surface area contributed by atoms with Crippen LogP contribution in [0.2, 0.25) is 0 Å². The van der Waals surface area contributed by atoms with E-state index in [-0.39, 0.29) is 0 Å². The standard InChI is InChI=1S/C9H14O3S.C6H9N2S/c1-7-4-8(2)6-9(3,5-7)13(10,11)12;1-3-6-5(2)8(7)4-9-6/h4-5H,6H2,1-3H3,(H,10,11,12);3-4H,1,7H2,2H3/q;+1/p-1. The Kier molecular flexibility index (Phi) is 5.72. The molecule has 2 rings (SSSR count). The number of rotatable bonds is 2. The second-order valence-corrected chi connectivity index (χ2v) is 8.33. The monoisotopic (exact) mass is 342 g/mol. The molecular formula is C15H22N2O3S2. The van der Waals surface area contributed by atoms with Crippen LogP contribution < -0.4 is 10.5 Å². The number of hydrogen-bond donors (Lipinski definition) is 1. The van der Waals surface area contributed by atoms with Gasteiger partial charge in [0.25, 0.3) is 5.51 Å². The van der Waals surface area contributed by atoms with Gasteiger partial charge in [-0.05, 0) is 33.3 Å². The lowest BCUT2D eigenvalue weighted by molar-refractivity contribution is -0.640. The fraction of sp³-hybridized carbons (Fsp3) is 0.400. The Morgan fingerprint density at radius 1 is 1.45 bits per heavy atom. The Balaban J connectivity index is 0.000000235. The first kappa shape index (κ1) is 18.6. The van der Waals surface area contributed by atoms with Crippen LogP contribution in [0.5, 0.6) is 0 Å². The molecule has 1 unspecified atom stereocenters. The van der Waals surface area contributed by atoms with Crippen molar-refractivity contribution in [2.45, 2.75) is 38.9 Å². The molecule has 1 atom stereocenters. The van der Waals surface area contributed by atoms with Crippen molar-refractivity contribution in [3.05, 3.63) is 46.0 Å². The molecule has 2 N–H and O–H groups in total. The topological polar surface area (TPSA) is 87.1 Å². The summed E-state index contributed by atoms with van der Waals surface area (Å²) in [7, 11) is -4.26. The number of nitrogens with two attached hydrogens (primary N) is 1. The largest absolute Gasteiger partial charge is 0.747 e. The SMILES string of the molecule is C=Cc1sc[n+](N)c1C.CC1=CC(C)(S(=O)(=O)[O-])CC(C)=C1. The zero-order valence-electron chi connectivity index (χ0n) is 13.3. The summed E-state index contributed by atoms with van der Waals surface area (Å²) < 4.78 is 33.3. The Morgan fingerprint density at radius 2 is 2.05 bits per heavy atom. The molecule has 1 aliphatic rings. The van der Waals surface area contributed by atoms with Gasteiger partial charge in [0.05, 0.1) is 4.75 Å². The van der Waals surface area contributed by atoms with Crippen molar-refractivity contribution >= 4 is 27.5 Å². The van der Waals surface area contributed by atoms with Crippen molar-refractivity contribution in [1.82, 2.24) is 0 Å². The van der Waals surface area contributed by atoms with Gasteiger partial charge < -0.3 is 4.55 Å². The van der Waals surface area contributed by atoms with E-state index < -0.39 is 14.9 Å². The number of hydrogen-bond acceptors (Lipinski definition) is 5. The Bertz CT molecular complexity index is 730. The average Bonchev–Trinajstić information content (AvgIpc) is 2.67. The van der Waals surface area contributed by atoms with Gasteiger partial charge in [-0.25, -0.2) is 14.3 Å². The lowest BCUT2D eigenvalue weighted by atomic mass is 9.92. The molecule has 0 saturated carbocycles. The van der Waals surface area contributed by atoms with Gasteiger partial charge >= 0.3 is 0 Å². The first-order valence-corrected chi connectivity index (χ1v) is 8.98. The second-order valence-electron chi connectivity index (χ2n) is 5.61. The van der Waals surface area contributed by atoms with Crippen LogP contribution in [-0.2, 0) is 10.1 Å². The van der Waals surface area contributed by atoms with Gasteiger partial charge in [0.1, 0.15) is 15.0 Å². The van der Waals surface area contributed by atoms with E-state index >= 15 is 0 Å². The van der Waals surface area contributed by atoms with Crippen molar-refractivity contribution in [3.8, 4) is 0 Å². The van der Waals surface area contributed by atoms with Crippen LogP contribution in [0.1, 0.15) is 37.8 Å². The van der Waals surface area contributed by atoms with Gasteiger partial charge in [0.15, 0.2) is 0 Å². The zero-order chi connectivity index (χ0) is 17.1. The van der Waals surface area contributed by atoms with Crippen molar-refractivity contribution < 1.29 is 17.6 Å². The van der Waals surface area contributed by atoms with E-state index in [1.54, 1.807) is 22.9 Å².